The van der Waals surface area contributed by atoms with E-state index >= 15 is 0 Å². The molecule has 1 N–H and O–H groups in total. The van der Waals surface area contributed by atoms with E-state index in [-0.39, 0.29) is 17.1 Å². The zero-order valence-corrected chi connectivity index (χ0v) is 17.4. The first-order valence-electron chi connectivity index (χ1n) is 8.07. The van der Waals surface area contributed by atoms with Crippen LogP contribution in [0.4, 0.5) is 11.4 Å². The van der Waals surface area contributed by atoms with Crippen LogP contribution in [0.2, 0.25) is 10.0 Å². The first-order chi connectivity index (χ1) is 12.7. The highest BCUT2D eigenvalue weighted by molar-refractivity contribution is 7.92. The predicted octanol–water partition coefficient (Wildman–Crippen LogP) is 4.19. The van der Waals surface area contributed by atoms with Crippen molar-refractivity contribution in [3.63, 3.8) is 0 Å². The van der Waals surface area contributed by atoms with E-state index < -0.39 is 22.0 Å². The number of hydrogen-bond donors (Lipinski definition) is 1. The van der Waals surface area contributed by atoms with Gasteiger partial charge in [0.25, 0.3) is 0 Å². The Kier molecular flexibility index (Phi) is 6.97. The minimum absolute atomic E-state index is 0.147. The summed E-state index contributed by atoms with van der Waals surface area (Å²) in [5, 5.41) is 3.21. The average molecular weight is 431 g/mol. The summed E-state index contributed by atoms with van der Waals surface area (Å²) in [6, 6.07) is 10.3. The Bertz CT molecular complexity index is 935. The SMILES string of the molecule is CCC(C(=O)Nc1ccccc1OC)N(c1cc(Cl)ccc1Cl)S(C)(=O)=O. The van der Waals surface area contributed by atoms with Gasteiger partial charge in [-0.3, -0.25) is 9.10 Å². The number of halogens is 2. The fourth-order valence-corrected chi connectivity index (χ4v) is 4.29. The molecule has 0 aliphatic carbocycles. The van der Waals surface area contributed by atoms with E-state index in [1.165, 1.54) is 19.2 Å². The second-order valence-electron chi connectivity index (χ2n) is 5.77. The van der Waals surface area contributed by atoms with Gasteiger partial charge in [0.2, 0.25) is 15.9 Å². The van der Waals surface area contributed by atoms with Gasteiger partial charge in [0.05, 0.1) is 29.8 Å². The van der Waals surface area contributed by atoms with Crippen molar-refractivity contribution in [3.05, 3.63) is 52.5 Å². The Hall–Kier alpha value is -1.96. The topological polar surface area (TPSA) is 75.7 Å². The molecule has 1 unspecified atom stereocenters. The van der Waals surface area contributed by atoms with E-state index in [4.69, 9.17) is 27.9 Å². The van der Waals surface area contributed by atoms with Crippen molar-refractivity contribution < 1.29 is 17.9 Å². The van der Waals surface area contributed by atoms with Crippen molar-refractivity contribution in [1.82, 2.24) is 0 Å². The highest BCUT2D eigenvalue weighted by atomic mass is 35.5. The Morgan fingerprint density at radius 1 is 1.22 bits per heavy atom. The van der Waals surface area contributed by atoms with E-state index in [9.17, 15) is 13.2 Å². The fourth-order valence-electron chi connectivity index (χ4n) is 2.65. The van der Waals surface area contributed by atoms with Crippen molar-refractivity contribution in [2.24, 2.45) is 0 Å². The van der Waals surface area contributed by atoms with Gasteiger partial charge in [0.15, 0.2) is 0 Å². The molecule has 0 aliphatic rings. The second-order valence-corrected chi connectivity index (χ2v) is 8.47. The largest absolute Gasteiger partial charge is 0.495 e. The molecule has 0 fully saturated rings. The summed E-state index contributed by atoms with van der Waals surface area (Å²) in [5.41, 5.74) is 0.586. The maximum Gasteiger partial charge on any atom is 0.248 e. The summed E-state index contributed by atoms with van der Waals surface area (Å²) >= 11 is 12.2. The van der Waals surface area contributed by atoms with Crippen LogP contribution in [0.15, 0.2) is 42.5 Å². The molecule has 1 atom stereocenters. The first kappa shape index (κ1) is 21.3. The number of carbonyl (C=O) groups is 1. The molecule has 2 rings (SSSR count). The molecule has 6 nitrogen and oxygen atoms in total. The zero-order chi connectivity index (χ0) is 20.2. The summed E-state index contributed by atoms with van der Waals surface area (Å²) in [5.74, 6) is -0.0455. The van der Waals surface area contributed by atoms with Crippen LogP contribution in [-0.2, 0) is 14.8 Å². The Morgan fingerprint density at radius 2 is 1.89 bits per heavy atom. The highest BCUT2D eigenvalue weighted by Gasteiger charge is 2.33. The van der Waals surface area contributed by atoms with E-state index in [1.54, 1.807) is 37.3 Å². The van der Waals surface area contributed by atoms with Crippen molar-refractivity contribution in [1.29, 1.82) is 0 Å². The van der Waals surface area contributed by atoms with Gasteiger partial charge in [-0.05, 0) is 36.8 Å². The van der Waals surface area contributed by atoms with Crippen LogP contribution in [0.3, 0.4) is 0 Å². The van der Waals surface area contributed by atoms with Gasteiger partial charge >= 0.3 is 0 Å². The molecule has 0 spiro atoms. The number of nitrogens with one attached hydrogen (secondary N) is 1. The lowest BCUT2D eigenvalue weighted by molar-refractivity contribution is -0.117. The third kappa shape index (κ3) is 5.06. The highest BCUT2D eigenvalue weighted by Crippen LogP contribution is 2.33. The number of rotatable bonds is 7. The number of ether oxygens (including phenoxy) is 1. The van der Waals surface area contributed by atoms with Crippen LogP contribution < -0.4 is 14.4 Å². The number of para-hydroxylation sites is 2. The Balaban J connectivity index is 2.46. The van der Waals surface area contributed by atoms with Gasteiger partial charge in [-0.2, -0.15) is 0 Å². The number of benzene rings is 2. The molecule has 0 radical (unpaired) electrons. The number of anilines is 2. The second kappa shape index (κ2) is 8.82. The average Bonchev–Trinajstić information content (AvgIpc) is 2.61. The van der Waals surface area contributed by atoms with E-state index in [0.29, 0.717) is 16.5 Å². The normalized spacial score (nSPS) is 12.3. The number of sulfonamides is 1. The van der Waals surface area contributed by atoms with Gasteiger partial charge in [0, 0.05) is 5.02 Å². The maximum absolute atomic E-state index is 12.9. The molecule has 0 aliphatic heterocycles. The molecule has 0 aromatic heterocycles. The smallest absolute Gasteiger partial charge is 0.248 e. The fraction of sp³-hybridized carbons (Fsp3) is 0.278. The summed E-state index contributed by atoms with van der Waals surface area (Å²) < 4.78 is 31.2. The standard InChI is InChI=1S/C18H20Cl2N2O4S/c1-4-15(18(23)21-14-7-5-6-8-17(14)26-2)22(27(3,24)25)16-11-12(19)9-10-13(16)20/h5-11,15H,4H2,1-3H3,(H,21,23). The van der Waals surface area contributed by atoms with Gasteiger partial charge in [-0.25, -0.2) is 8.42 Å². The summed E-state index contributed by atoms with van der Waals surface area (Å²) in [4.78, 5) is 12.9. The van der Waals surface area contributed by atoms with E-state index in [1.807, 2.05) is 0 Å². The van der Waals surface area contributed by atoms with Gasteiger partial charge in [-0.15, -0.1) is 0 Å². The van der Waals surface area contributed by atoms with Crippen LogP contribution in [0, 0.1) is 0 Å². The third-order valence-corrected chi connectivity index (χ3v) is 5.56. The lowest BCUT2D eigenvalue weighted by Crippen LogP contribution is -2.47. The number of hydrogen-bond acceptors (Lipinski definition) is 4. The van der Waals surface area contributed by atoms with Crippen LogP contribution in [0.5, 0.6) is 5.75 Å². The first-order valence-corrected chi connectivity index (χ1v) is 10.7. The van der Waals surface area contributed by atoms with Crippen LogP contribution in [0.25, 0.3) is 0 Å². The minimum Gasteiger partial charge on any atom is -0.495 e. The molecule has 0 saturated carbocycles. The van der Waals surface area contributed by atoms with E-state index in [0.717, 1.165) is 10.6 Å². The summed E-state index contributed by atoms with van der Waals surface area (Å²) in [6.07, 6.45) is 1.24. The zero-order valence-electron chi connectivity index (χ0n) is 15.1. The summed E-state index contributed by atoms with van der Waals surface area (Å²) in [6.45, 7) is 1.71. The monoisotopic (exact) mass is 430 g/mol. The lowest BCUT2D eigenvalue weighted by atomic mass is 10.1. The van der Waals surface area contributed by atoms with Crippen LogP contribution >= 0.6 is 23.2 Å². The molecular formula is C18H20Cl2N2O4S. The predicted molar refractivity (Wildman–Crippen MR) is 109 cm³/mol. The van der Waals surface area contributed by atoms with Crippen molar-refractivity contribution in [2.45, 2.75) is 19.4 Å². The van der Waals surface area contributed by atoms with Crippen LogP contribution in [0.1, 0.15) is 13.3 Å². The Morgan fingerprint density at radius 3 is 2.48 bits per heavy atom. The molecule has 0 heterocycles. The van der Waals surface area contributed by atoms with Gasteiger partial charge in [-0.1, -0.05) is 42.3 Å². The quantitative estimate of drug-likeness (QED) is 0.714. The molecule has 9 heteroatoms. The molecule has 2 aromatic carbocycles. The maximum atomic E-state index is 12.9. The molecule has 1 amide bonds. The molecule has 146 valence electrons. The minimum atomic E-state index is -3.82. The molecule has 0 bridgehead atoms. The van der Waals surface area contributed by atoms with Crippen LogP contribution in [-0.4, -0.2) is 33.7 Å². The van der Waals surface area contributed by atoms with Crippen molar-refractivity contribution >= 4 is 50.5 Å². The molecule has 0 saturated heterocycles. The number of carbonyl (C=O) groups excluding carboxylic acids is 1. The molecular weight excluding hydrogens is 411 g/mol. The molecule has 2 aromatic rings. The molecule has 27 heavy (non-hydrogen) atoms. The van der Waals surface area contributed by atoms with E-state index in [2.05, 4.69) is 5.32 Å². The summed E-state index contributed by atoms with van der Waals surface area (Å²) in [7, 11) is -2.34. The lowest BCUT2D eigenvalue weighted by Gasteiger charge is -2.31. The Labute approximate surface area is 169 Å². The van der Waals surface area contributed by atoms with Crippen molar-refractivity contribution in [2.75, 3.05) is 23.0 Å². The van der Waals surface area contributed by atoms with Gasteiger partial charge < -0.3 is 10.1 Å². The van der Waals surface area contributed by atoms with Crippen molar-refractivity contribution in [3.8, 4) is 5.75 Å². The number of amides is 1. The number of methoxy groups -OCH3 is 1. The third-order valence-electron chi connectivity index (χ3n) is 3.84. The number of nitrogens with zero attached hydrogens (tertiary/aromatic N) is 1. The van der Waals surface area contributed by atoms with Gasteiger partial charge in [0.1, 0.15) is 11.8 Å².